The third kappa shape index (κ3) is 4.24. The van der Waals surface area contributed by atoms with Crippen LogP contribution in [0, 0.1) is 17.2 Å². The van der Waals surface area contributed by atoms with E-state index in [1.807, 2.05) is 48.3 Å². The van der Waals surface area contributed by atoms with E-state index < -0.39 is 6.09 Å². The Morgan fingerprint density at radius 1 is 1.19 bits per heavy atom. The Bertz CT molecular complexity index is 1440. The van der Waals surface area contributed by atoms with Gasteiger partial charge in [-0.3, -0.25) is 5.32 Å². The van der Waals surface area contributed by atoms with Crippen molar-refractivity contribution in [3.05, 3.63) is 72.3 Å². The number of fused-ring (bicyclic) bond motifs is 1. The number of imidazole rings is 1. The van der Waals surface area contributed by atoms with Gasteiger partial charge in [0.05, 0.1) is 23.1 Å². The lowest BCUT2D eigenvalue weighted by Gasteiger charge is -2.30. The van der Waals surface area contributed by atoms with E-state index in [9.17, 15) is 10.1 Å². The van der Waals surface area contributed by atoms with Crippen molar-refractivity contribution in [3.8, 4) is 17.3 Å². The zero-order valence-electron chi connectivity index (χ0n) is 20.4. The molecule has 0 bridgehead atoms. The van der Waals surface area contributed by atoms with E-state index in [2.05, 4.69) is 39.1 Å². The van der Waals surface area contributed by atoms with Crippen LogP contribution < -0.4 is 5.32 Å². The average Bonchev–Trinajstić information content (AvgIpc) is 3.50. The Kier molecular flexibility index (Phi) is 5.73. The van der Waals surface area contributed by atoms with Crippen LogP contribution in [0.3, 0.4) is 0 Å². The molecule has 1 unspecified atom stereocenters. The highest BCUT2D eigenvalue weighted by Gasteiger charge is 2.31. The summed E-state index contributed by atoms with van der Waals surface area (Å²) in [6.45, 7) is 2.68. The molecular weight excluding hydrogens is 450 g/mol. The highest BCUT2D eigenvalue weighted by Crippen LogP contribution is 2.43. The molecule has 2 heterocycles. The molecule has 0 saturated heterocycles. The van der Waals surface area contributed by atoms with E-state index in [0.717, 1.165) is 54.4 Å². The molecule has 7 heteroatoms. The molecule has 0 radical (unpaired) electrons. The van der Waals surface area contributed by atoms with E-state index in [-0.39, 0.29) is 6.10 Å². The van der Waals surface area contributed by atoms with Crippen molar-refractivity contribution in [1.82, 2.24) is 14.1 Å². The minimum Gasteiger partial charge on any atom is -0.446 e. The maximum absolute atomic E-state index is 12.3. The number of carbonyl (C=O) groups excluding carboxylic acids is 1. The van der Waals surface area contributed by atoms with Gasteiger partial charge in [0.1, 0.15) is 12.2 Å². The third-order valence-corrected chi connectivity index (χ3v) is 7.53. The van der Waals surface area contributed by atoms with Crippen LogP contribution in [-0.2, 0) is 11.3 Å². The molecule has 0 aliphatic heterocycles. The summed E-state index contributed by atoms with van der Waals surface area (Å²) in [6.07, 6.45) is 10.8. The molecule has 0 spiro atoms. The van der Waals surface area contributed by atoms with Crippen LogP contribution in [0.15, 0.2) is 61.2 Å². The molecule has 2 aliphatic carbocycles. The van der Waals surface area contributed by atoms with E-state index in [0.29, 0.717) is 23.2 Å². The predicted molar refractivity (Wildman–Crippen MR) is 139 cm³/mol. The SMILES string of the molecule is CC(OC(=O)Nc1ccc(-c2c(C#N)c3ccc(Cn4ccnc4)cc3n2C2CCC2)cc1)C1CC1. The van der Waals surface area contributed by atoms with Gasteiger partial charge in [-0.2, -0.15) is 5.26 Å². The van der Waals surface area contributed by atoms with Crippen molar-refractivity contribution in [2.75, 3.05) is 5.32 Å². The number of carbonyl (C=O) groups is 1. The Morgan fingerprint density at radius 3 is 2.64 bits per heavy atom. The fourth-order valence-corrected chi connectivity index (χ4v) is 5.16. The first-order chi connectivity index (χ1) is 17.6. The quantitative estimate of drug-likeness (QED) is 0.328. The van der Waals surface area contributed by atoms with Crippen molar-refractivity contribution in [1.29, 1.82) is 5.26 Å². The van der Waals surface area contributed by atoms with Crippen molar-refractivity contribution < 1.29 is 9.53 Å². The number of nitriles is 1. The van der Waals surface area contributed by atoms with Crippen molar-refractivity contribution >= 4 is 22.7 Å². The van der Waals surface area contributed by atoms with Gasteiger partial charge in [0.2, 0.25) is 0 Å². The van der Waals surface area contributed by atoms with Crippen LogP contribution in [0.5, 0.6) is 0 Å². The number of hydrogen-bond donors (Lipinski definition) is 1. The van der Waals surface area contributed by atoms with E-state index in [4.69, 9.17) is 4.74 Å². The topological polar surface area (TPSA) is 84.9 Å². The van der Waals surface area contributed by atoms with Gasteiger partial charge in [0.15, 0.2) is 0 Å². The van der Waals surface area contributed by atoms with Gasteiger partial charge < -0.3 is 13.9 Å². The third-order valence-electron chi connectivity index (χ3n) is 7.53. The molecule has 1 amide bonds. The second-order valence-corrected chi connectivity index (χ2v) is 10.0. The molecule has 2 fully saturated rings. The minimum atomic E-state index is -0.422. The number of rotatable bonds is 7. The number of anilines is 1. The first-order valence-electron chi connectivity index (χ1n) is 12.7. The summed E-state index contributed by atoms with van der Waals surface area (Å²) in [6, 6.07) is 17.0. The Hall–Kier alpha value is -4.05. The molecule has 1 atom stereocenters. The molecule has 36 heavy (non-hydrogen) atoms. The zero-order chi connectivity index (χ0) is 24.6. The van der Waals surface area contributed by atoms with Gasteiger partial charge in [-0.1, -0.05) is 24.3 Å². The van der Waals surface area contributed by atoms with E-state index in [1.165, 1.54) is 12.0 Å². The molecule has 2 aromatic carbocycles. The van der Waals surface area contributed by atoms with Crippen LogP contribution >= 0.6 is 0 Å². The van der Waals surface area contributed by atoms with Gasteiger partial charge in [0.25, 0.3) is 0 Å². The first-order valence-corrected chi connectivity index (χ1v) is 12.7. The molecule has 2 aliphatic rings. The number of benzene rings is 2. The second-order valence-electron chi connectivity index (χ2n) is 10.0. The Balaban J connectivity index is 1.34. The van der Waals surface area contributed by atoms with Crippen LogP contribution in [0.25, 0.3) is 22.2 Å². The maximum Gasteiger partial charge on any atom is 0.411 e. The normalized spacial score (nSPS) is 16.3. The molecule has 2 saturated carbocycles. The molecule has 1 N–H and O–H groups in total. The lowest BCUT2D eigenvalue weighted by molar-refractivity contribution is 0.108. The number of nitrogens with zero attached hydrogens (tertiary/aromatic N) is 4. The molecule has 6 rings (SSSR count). The van der Waals surface area contributed by atoms with Gasteiger partial charge in [-0.05, 0) is 74.3 Å². The highest BCUT2D eigenvalue weighted by atomic mass is 16.6. The van der Waals surface area contributed by atoms with Gasteiger partial charge >= 0.3 is 6.09 Å². The van der Waals surface area contributed by atoms with Crippen molar-refractivity contribution in [2.45, 2.75) is 57.7 Å². The summed E-state index contributed by atoms with van der Waals surface area (Å²) >= 11 is 0. The summed E-state index contributed by atoms with van der Waals surface area (Å²) in [7, 11) is 0. The second kappa shape index (κ2) is 9.19. The summed E-state index contributed by atoms with van der Waals surface area (Å²) in [5, 5.41) is 14.0. The Morgan fingerprint density at radius 2 is 2.00 bits per heavy atom. The maximum atomic E-state index is 12.3. The predicted octanol–water partition coefficient (Wildman–Crippen LogP) is 6.50. The van der Waals surface area contributed by atoms with Crippen LogP contribution in [0.1, 0.15) is 56.2 Å². The fourth-order valence-electron chi connectivity index (χ4n) is 5.16. The molecule has 182 valence electrons. The fraction of sp³-hybridized carbons (Fsp3) is 0.345. The lowest BCUT2D eigenvalue weighted by atomic mass is 9.92. The van der Waals surface area contributed by atoms with Crippen molar-refractivity contribution in [2.24, 2.45) is 5.92 Å². The average molecular weight is 480 g/mol. The number of amides is 1. The van der Waals surface area contributed by atoms with Crippen molar-refractivity contribution in [3.63, 3.8) is 0 Å². The lowest BCUT2D eigenvalue weighted by Crippen LogP contribution is -2.21. The smallest absolute Gasteiger partial charge is 0.411 e. The van der Waals surface area contributed by atoms with Crippen LogP contribution in [0.4, 0.5) is 10.5 Å². The van der Waals surface area contributed by atoms with Gasteiger partial charge in [0, 0.05) is 36.1 Å². The largest absolute Gasteiger partial charge is 0.446 e. The number of ether oxygens (including phenoxy) is 1. The molecular formula is C29H29N5O2. The number of nitrogens with one attached hydrogen (secondary N) is 1. The number of aromatic nitrogens is 3. The standard InChI is InChI=1S/C29H29N5O2/c1-19(21-6-7-21)36-29(35)32-23-10-8-22(9-11-23)28-26(16-30)25-12-5-20(17-33-14-13-31-18-33)15-27(25)34(28)24-3-2-4-24/h5,8-15,18-19,21,24H,2-4,6-7,17H2,1H3,(H,32,35). The molecule has 2 aromatic heterocycles. The summed E-state index contributed by atoms with van der Waals surface area (Å²) in [5.74, 6) is 0.497. The monoisotopic (exact) mass is 479 g/mol. The Labute approximate surface area is 210 Å². The summed E-state index contributed by atoms with van der Waals surface area (Å²) in [5.41, 5.74) is 5.57. The van der Waals surface area contributed by atoms with Crippen LogP contribution in [0.2, 0.25) is 0 Å². The van der Waals surface area contributed by atoms with Gasteiger partial charge in [-0.15, -0.1) is 0 Å². The summed E-state index contributed by atoms with van der Waals surface area (Å²) in [4.78, 5) is 16.4. The molecule has 4 aromatic rings. The van der Waals surface area contributed by atoms with E-state index in [1.54, 1.807) is 6.20 Å². The summed E-state index contributed by atoms with van der Waals surface area (Å²) < 4.78 is 9.90. The first kappa shape index (κ1) is 22.4. The minimum absolute atomic E-state index is 0.0562. The van der Waals surface area contributed by atoms with Gasteiger partial charge in [-0.25, -0.2) is 9.78 Å². The number of hydrogen-bond acceptors (Lipinski definition) is 4. The van der Waals surface area contributed by atoms with E-state index >= 15 is 0 Å². The zero-order valence-corrected chi connectivity index (χ0v) is 20.4. The van der Waals surface area contributed by atoms with Crippen LogP contribution in [-0.4, -0.2) is 26.3 Å². The molecule has 7 nitrogen and oxygen atoms in total. The highest BCUT2D eigenvalue weighted by molar-refractivity contribution is 5.95.